The van der Waals surface area contributed by atoms with Crippen LogP contribution in [0.3, 0.4) is 0 Å². The van der Waals surface area contributed by atoms with Crippen molar-refractivity contribution in [1.29, 1.82) is 5.26 Å². The molecule has 96 valence electrons. The first-order chi connectivity index (χ1) is 8.72. The fourth-order valence-electron chi connectivity index (χ4n) is 2.20. The standard InChI is InChI=1S/C13H15BrClN3/c14-10-2-3-12(15)11(8-10)13(9-16)18-6-1-4-17-5-7-18/h2-3,8,13,17H,1,4-7H2. The molecule has 0 amide bonds. The lowest BCUT2D eigenvalue weighted by atomic mass is 10.1. The third-order valence-electron chi connectivity index (χ3n) is 3.11. The number of nitrogens with one attached hydrogen (secondary N) is 1. The van der Waals surface area contributed by atoms with Crippen molar-refractivity contribution >= 4 is 27.5 Å². The van der Waals surface area contributed by atoms with Gasteiger partial charge in [-0.1, -0.05) is 27.5 Å². The van der Waals surface area contributed by atoms with Crippen molar-refractivity contribution in [2.24, 2.45) is 0 Å². The molecule has 0 aromatic heterocycles. The van der Waals surface area contributed by atoms with E-state index in [0.717, 1.165) is 42.6 Å². The Morgan fingerprint density at radius 2 is 2.22 bits per heavy atom. The van der Waals surface area contributed by atoms with Crippen molar-refractivity contribution in [1.82, 2.24) is 10.2 Å². The van der Waals surface area contributed by atoms with Crippen molar-refractivity contribution in [3.63, 3.8) is 0 Å². The summed E-state index contributed by atoms with van der Waals surface area (Å²) >= 11 is 9.65. The molecular formula is C13H15BrClN3. The first-order valence-electron chi connectivity index (χ1n) is 6.01. The Balaban J connectivity index is 2.26. The molecule has 0 spiro atoms. The van der Waals surface area contributed by atoms with E-state index >= 15 is 0 Å². The normalized spacial score (nSPS) is 18.9. The maximum Gasteiger partial charge on any atom is 0.125 e. The van der Waals surface area contributed by atoms with Gasteiger partial charge in [-0.25, -0.2) is 0 Å². The highest BCUT2D eigenvalue weighted by Gasteiger charge is 2.23. The molecule has 1 unspecified atom stereocenters. The zero-order valence-corrected chi connectivity index (χ0v) is 12.3. The summed E-state index contributed by atoms with van der Waals surface area (Å²) in [6, 6.07) is 7.77. The first-order valence-corrected chi connectivity index (χ1v) is 7.19. The Hall–Kier alpha value is -0.600. The maximum absolute atomic E-state index is 9.45. The molecule has 1 atom stereocenters. The highest BCUT2D eigenvalue weighted by molar-refractivity contribution is 9.10. The summed E-state index contributed by atoms with van der Waals surface area (Å²) in [5, 5.41) is 13.4. The first kappa shape index (κ1) is 13.8. The third kappa shape index (κ3) is 3.24. The van der Waals surface area contributed by atoms with E-state index in [-0.39, 0.29) is 6.04 Å². The molecule has 1 fully saturated rings. The van der Waals surface area contributed by atoms with Crippen LogP contribution in [0.1, 0.15) is 18.0 Å². The van der Waals surface area contributed by atoms with Crippen LogP contribution in [0.4, 0.5) is 0 Å². The monoisotopic (exact) mass is 327 g/mol. The van der Waals surface area contributed by atoms with Crippen LogP contribution in [0.25, 0.3) is 0 Å². The van der Waals surface area contributed by atoms with Gasteiger partial charge in [0, 0.05) is 34.7 Å². The molecule has 1 N–H and O–H groups in total. The molecule has 1 heterocycles. The van der Waals surface area contributed by atoms with Gasteiger partial charge < -0.3 is 5.32 Å². The van der Waals surface area contributed by atoms with E-state index in [9.17, 15) is 5.26 Å². The predicted molar refractivity (Wildman–Crippen MR) is 76.6 cm³/mol. The van der Waals surface area contributed by atoms with Gasteiger partial charge in [-0.2, -0.15) is 5.26 Å². The molecule has 1 aliphatic rings. The highest BCUT2D eigenvalue weighted by atomic mass is 79.9. The van der Waals surface area contributed by atoms with Crippen LogP contribution in [-0.2, 0) is 0 Å². The van der Waals surface area contributed by atoms with Crippen LogP contribution in [-0.4, -0.2) is 31.1 Å². The molecule has 1 saturated heterocycles. The van der Waals surface area contributed by atoms with Crippen molar-refractivity contribution in [2.75, 3.05) is 26.2 Å². The second kappa shape index (κ2) is 6.53. The van der Waals surface area contributed by atoms with Crippen molar-refractivity contribution < 1.29 is 0 Å². The van der Waals surface area contributed by atoms with Crippen LogP contribution in [0.15, 0.2) is 22.7 Å². The van der Waals surface area contributed by atoms with Crippen molar-refractivity contribution in [3.05, 3.63) is 33.3 Å². The minimum Gasteiger partial charge on any atom is -0.315 e. The number of nitriles is 1. The summed E-state index contributed by atoms with van der Waals surface area (Å²) in [5.74, 6) is 0. The van der Waals surface area contributed by atoms with Gasteiger partial charge in [-0.05, 0) is 31.2 Å². The molecule has 0 radical (unpaired) electrons. The third-order valence-corrected chi connectivity index (χ3v) is 3.95. The molecule has 18 heavy (non-hydrogen) atoms. The summed E-state index contributed by atoms with van der Waals surface area (Å²) in [6.45, 7) is 3.74. The molecular weight excluding hydrogens is 314 g/mol. The van der Waals surface area contributed by atoms with Gasteiger partial charge in [0.05, 0.1) is 6.07 Å². The number of benzene rings is 1. The van der Waals surface area contributed by atoms with Gasteiger partial charge in [0.25, 0.3) is 0 Å². The van der Waals surface area contributed by atoms with Gasteiger partial charge in [0.2, 0.25) is 0 Å². The topological polar surface area (TPSA) is 39.1 Å². The van der Waals surface area contributed by atoms with E-state index in [1.165, 1.54) is 0 Å². The SMILES string of the molecule is N#CC(c1cc(Br)ccc1Cl)N1CCCNCC1. The number of hydrogen-bond donors (Lipinski definition) is 1. The zero-order valence-electron chi connectivity index (χ0n) is 10.00. The lowest BCUT2D eigenvalue weighted by molar-refractivity contribution is 0.252. The molecule has 1 aromatic carbocycles. The van der Waals surface area contributed by atoms with E-state index in [1.807, 2.05) is 18.2 Å². The number of hydrogen-bond acceptors (Lipinski definition) is 3. The van der Waals surface area contributed by atoms with Gasteiger partial charge in [-0.15, -0.1) is 0 Å². The van der Waals surface area contributed by atoms with Crippen LogP contribution >= 0.6 is 27.5 Å². The number of rotatable bonds is 2. The lowest BCUT2D eigenvalue weighted by Gasteiger charge is -2.26. The average molecular weight is 329 g/mol. The number of nitrogens with zero attached hydrogens (tertiary/aromatic N) is 2. The van der Waals surface area contributed by atoms with Gasteiger partial charge in [-0.3, -0.25) is 4.90 Å². The van der Waals surface area contributed by atoms with E-state index in [0.29, 0.717) is 5.02 Å². The summed E-state index contributed by atoms with van der Waals surface area (Å²) in [7, 11) is 0. The highest BCUT2D eigenvalue weighted by Crippen LogP contribution is 2.30. The Bertz CT molecular complexity index is 450. The van der Waals surface area contributed by atoms with Gasteiger partial charge in [0.15, 0.2) is 0 Å². The molecule has 0 saturated carbocycles. The minimum absolute atomic E-state index is 0.269. The Morgan fingerprint density at radius 3 is 3.00 bits per heavy atom. The Labute approximate surface area is 121 Å². The maximum atomic E-state index is 9.45. The molecule has 2 rings (SSSR count). The van der Waals surface area contributed by atoms with Crippen molar-refractivity contribution in [3.8, 4) is 6.07 Å². The van der Waals surface area contributed by atoms with Crippen LogP contribution in [0.2, 0.25) is 5.02 Å². The molecule has 0 aliphatic carbocycles. The quantitative estimate of drug-likeness (QED) is 0.907. The van der Waals surface area contributed by atoms with E-state index in [4.69, 9.17) is 11.6 Å². The molecule has 3 nitrogen and oxygen atoms in total. The van der Waals surface area contributed by atoms with E-state index in [1.54, 1.807) is 0 Å². The van der Waals surface area contributed by atoms with E-state index < -0.39 is 0 Å². The molecule has 5 heteroatoms. The Kier molecular flexibility index (Phi) is 5.02. The summed E-state index contributed by atoms with van der Waals surface area (Å²) in [5.41, 5.74) is 0.885. The lowest BCUT2D eigenvalue weighted by Crippen LogP contribution is -2.31. The van der Waals surface area contributed by atoms with Crippen LogP contribution in [0, 0.1) is 11.3 Å². The molecule has 1 aliphatic heterocycles. The van der Waals surface area contributed by atoms with Crippen LogP contribution in [0.5, 0.6) is 0 Å². The van der Waals surface area contributed by atoms with Gasteiger partial charge >= 0.3 is 0 Å². The van der Waals surface area contributed by atoms with Gasteiger partial charge in [0.1, 0.15) is 6.04 Å². The second-order valence-corrected chi connectivity index (χ2v) is 5.66. The van der Waals surface area contributed by atoms with Crippen LogP contribution < -0.4 is 5.32 Å². The smallest absolute Gasteiger partial charge is 0.125 e. The van der Waals surface area contributed by atoms with Crippen molar-refractivity contribution in [2.45, 2.75) is 12.5 Å². The fraction of sp³-hybridized carbons (Fsp3) is 0.462. The predicted octanol–water partition coefficient (Wildman–Crippen LogP) is 2.96. The largest absolute Gasteiger partial charge is 0.315 e. The minimum atomic E-state index is -0.269. The Morgan fingerprint density at radius 1 is 1.39 bits per heavy atom. The number of halogens is 2. The second-order valence-electron chi connectivity index (χ2n) is 4.34. The summed E-state index contributed by atoms with van der Waals surface area (Å²) < 4.78 is 0.954. The fourth-order valence-corrected chi connectivity index (χ4v) is 2.80. The zero-order chi connectivity index (χ0) is 13.0. The molecule has 0 bridgehead atoms. The summed E-state index contributed by atoms with van der Waals surface area (Å²) in [6.07, 6.45) is 1.06. The summed E-state index contributed by atoms with van der Waals surface area (Å²) in [4.78, 5) is 2.19. The molecule has 1 aromatic rings. The average Bonchev–Trinajstić information content (AvgIpc) is 2.64. The van der Waals surface area contributed by atoms with E-state index in [2.05, 4.69) is 32.2 Å².